The van der Waals surface area contributed by atoms with Gasteiger partial charge in [-0.3, -0.25) is 4.79 Å². The molecule has 0 bridgehead atoms. The molecule has 0 amide bonds. The monoisotopic (exact) mass is 428 g/mol. The van der Waals surface area contributed by atoms with Gasteiger partial charge in [0.2, 0.25) is 10.0 Å². The number of hydrogen-bond acceptors (Lipinski definition) is 5. The molecule has 1 atom stereocenters. The molecule has 0 saturated heterocycles. The van der Waals surface area contributed by atoms with Crippen LogP contribution in [0.3, 0.4) is 0 Å². The summed E-state index contributed by atoms with van der Waals surface area (Å²) in [6.07, 6.45) is 0. The van der Waals surface area contributed by atoms with Crippen LogP contribution >= 0.6 is 31.9 Å². The van der Waals surface area contributed by atoms with Crippen molar-refractivity contribution in [2.24, 2.45) is 0 Å². The molecule has 0 radical (unpaired) electrons. The predicted molar refractivity (Wildman–Crippen MR) is 82.7 cm³/mol. The second-order valence-corrected chi connectivity index (χ2v) is 7.27. The molecule has 6 nitrogen and oxygen atoms in total. The van der Waals surface area contributed by atoms with E-state index in [2.05, 4.69) is 36.6 Å². The molecule has 1 unspecified atom stereocenters. The summed E-state index contributed by atoms with van der Waals surface area (Å²) in [6, 6.07) is 1.94. The van der Waals surface area contributed by atoms with E-state index < -0.39 is 22.0 Å². The summed E-state index contributed by atoms with van der Waals surface area (Å²) in [6.45, 7) is 3.24. The van der Waals surface area contributed by atoms with Crippen LogP contribution < -0.4 is 10.5 Å². The summed E-state index contributed by atoms with van der Waals surface area (Å²) in [4.78, 5) is 11.5. The topological polar surface area (TPSA) is 98.5 Å². The number of sulfonamides is 1. The van der Waals surface area contributed by atoms with Crippen LogP contribution in [0.2, 0.25) is 0 Å². The van der Waals surface area contributed by atoms with Crippen LogP contribution in [0.15, 0.2) is 26.0 Å². The third kappa shape index (κ3) is 4.18. The molecule has 0 aliphatic rings. The number of anilines is 1. The molecule has 1 aromatic rings. The third-order valence-corrected chi connectivity index (χ3v) is 5.68. The van der Waals surface area contributed by atoms with Crippen molar-refractivity contribution >= 4 is 53.5 Å². The highest BCUT2D eigenvalue weighted by atomic mass is 79.9. The van der Waals surface area contributed by atoms with Gasteiger partial charge in [-0.1, -0.05) is 0 Å². The van der Waals surface area contributed by atoms with Gasteiger partial charge >= 0.3 is 5.97 Å². The Balaban J connectivity index is 3.10. The first-order valence-corrected chi connectivity index (χ1v) is 8.69. The van der Waals surface area contributed by atoms with Gasteiger partial charge in [0.05, 0.1) is 6.61 Å². The minimum atomic E-state index is -3.90. The van der Waals surface area contributed by atoms with Crippen LogP contribution in [0.5, 0.6) is 0 Å². The molecule has 1 aromatic carbocycles. The molecule has 0 aromatic heterocycles. The van der Waals surface area contributed by atoms with Crippen LogP contribution in [0, 0.1) is 0 Å². The van der Waals surface area contributed by atoms with Crippen LogP contribution in [0.4, 0.5) is 5.69 Å². The second kappa shape index (κ2) is 6.88. The van der Waals surface area contributed by atoms with E-state index >= 15 is 0 Å². The van der Waals surface area contributed by atoms with Crippen molar-refractivity contribution in [1.82, 2.24) is 4.72 Å². The average Bonchev–Trinajstić information content (AvgIpc) is 2.26. The van der Waals surface area contributed by atoms with Gasteiger partial charge in [-0.2, -0.15) is 4.72 Å². The lowest BCUT2D eigenvalue weighted by Gasteiger charge is -2.15. The lowest BCUT2D eigenvalue weighted by Crippen LogP contribution is -2.39. The molecule has 9 heteroatoms. The fraction of sp³-hybridized carbons (Fsp3) is 0.364. The molecule has 0 aliphatic heterocycles. The number of ether oxygens (including phenoxy) is 1. The average molecular weight is 430 g/mol. The molecule has 0 heterocycles. The van der Waals surface area contributed by atoms with Gasteiger partial charge < -0.3 is 10.5 Å². The fourth-order valence-electron chi connectivity index (χ4n) is 1.44. The number of nitrogens with two attached hydrogens (primary N) is 1. The van der Waals surface area contributed by atoms with Crippen molar-refractivity contribution in [2.75, 3.05) is 12.3 Å². The SMILES string of the molecule is CCOC(=O)C(C)NS(=O)(=O)c1c(Br)cc(N)cc1Br. The number of esters is 1. The van der Waals surface area contributed by atoms with Crippen molar-refractivity contribution in [3.05, 3.63) is 21.1 Å². The number of halogens is 2. The number of carbonyl (C=O) groups excluding carboxylic acids is 1. The summed E-state index contributed by atoms with van der Waals surface area (Å²) in [5, 5.41) is 0. The van der Waals surface area contributed by atoms with Gasteiger partial charge in [0.1, 0.15) is 10.9 Å². The largest absolute Gasteiger partial charge is 0.465 e. The highest BCUT2D eigenvalue weighted by Crippen LogP contribution is 2.32. The van der Waals surface area contributed by atoms with Gasteiger partial charge in [0, 0.05) is 14.6 Å². The highest BCUT2D eigenvalue weighted by Gasteiger charge is 2.26. The van der Waals surface area contributed by atoms with Crippen LogP contribution in [0.1, 0.15) is 13.8 Å². The van der Waals surface area contributed by atoms with E-state index in [4.69, 9.17) is 10.5 Å². The van der Waals surface area contributed by atoms with Crippen LogP contribution in [0.25, 0.3) is 0 Å². The van der Waals surface area contributed by atoms with Crippen molar-refractivity contribution in [3.63, 3.8) is 0 Å². The lowest BCUT2D eigenvalue weighted by molar-refractivity contribution is -0.144. The molecule has 1 rings (SSSR count). The van der Waals surface area contributed by atoms with Crippen molar-refractivity contribution in [3.8, 4) is 0 Å². The standard InChI is InChI=1S/C11H14Br2N2O4S/c1-3-19-11(16)6(2)15-20(17,18)10-8(12)4-7(14)5-9(10)13/h4-6,15H,3,14H2,1-2H3. The maximum absolute atomic E-state index is 12.3. The van der Waals surface area contributed by atoms with E-state index in [1.54, 1.807) is 6.92 Å². The number of nitrogen functional groups attached to an aromatic ring is 1. The van der Waals surface area contributed by atoms with Crippen LogP contribution in [-0.2, 0) is 19.6 Å². The maximum Gasteiger partial charge on any atom is 0.323 e. The molecule has 3 N–H and O–H groups in total. The normalized spacial score (nSPS) is 13.0. The Morgan fingerprint density at radius 3 is 2.35 bits per heavy atom. The van der Waals surface area contributed by atoms with E-state index in [0.29, 0.717) is 14.6 Å². The van der Waals surface area contributed by atoms with Gasteiger partial charge in [0.25, 0.3) is 0 Å². The van der Waals surface area contributed by atoms with E-state index in [9.17, 15) is 13.2 Å². The Kier molecular flexibility index (Phi) is 5.99. The van der Waals surface area contributed by atoms with Crippen molar-refractivity contribution < 1.29 is 17.9 Å². The van der Waals surface area contributed by atoms with Gasteiger partial charge in [-0.25, -0.2) is 8.42 Å². The number of nitrogens with one attached hydrogen (secondary N) is 1. The Morgan fingerprint density at radius 2 is 1.90 bits per heavy atom. The molecule has 0 aliphatic carbocycles. The summed E-state index contributed by atoms with van der Waals surface area (Å²) in [7, 11) is -3.90. The van der Waals surface area contributed by atoms with Crippen LogP contribution in [-0.4, -0.2) is 27.0 Å². The molecule has 0 spiro atoms. The Bertz CT molecular complexity index is 596. The first-order valence-electron chi connectivity index (χ1n) is 5.62. The Hall–Kier alpha value is -0.640. The van der Waals surface area contributed by atoms with E-state index in [1.807, 2.05) is 0 Å². The summed E-state index contributed by atoms with van der Waals surface area (Å²) in [5.41, 5.74) is 6.02. The first kappa shape index (κ1) is 17.4. The zero-order valence-corrected chi connectivity index (χ0v) is 14.8. The predicted octanol–water partition coefficient (Wildman–Crippen LogP) is 2.02. The zero-order valence-electron chi connectivity index (χ0n) is 10.8. The molecule has 112 valence electrons. The summed E-state index contributed by atoms with van der Waals surface area (Å²) < 4.78 is 32.2. The maximum atomic E-state index is 12.3. The van der Waals surface area contributed by atoms with E-state index in [1.165, 1.54) is 19.1 Å². The molecular formula is C11H14Br2N2O4S. The first-order chi connectivity index (χ1) is 9.19. The van der Waals surface area contributed by atoms with Gasteiger partial charge in [0.15, 0.2) is 0 Å². The molecule has 0 saturated carbocycles. The zero-order chi connectivity index (χ0) is 15.5. The van der Waals surface area contributed by atoms with Gasteiger partial charge in [-0.15, -0.1) is 0 Å². The highest BCUT2D eigenvalue weighted by molar-refractivity contribution is 9.11. The fourth-order valence-corrected chi connectivity index (χ4v) is 5.25. The lowest BCUT2D eigenvalue weighted by atomic mass is 10.3. The smallest absolute Gasteiger partial charge is 0.323 e. The Labute approximate surface area is 134 Å². The third-order valence-electron chi connectivity index (χ3n) is 2.26. The number of benzene rings is 1. The van der Waals surface area contributed by atoms with Crippen molar-refractivity contribution in [2.45, 2.75) is 24.8 Å². The molecule has 0 fully saturated rings. The number of hydrogen-bond donors (Lipinski definition) is 2. The summed E-state index contributed by atoms with van der Waals surface area (Å²) >= 11 is 6.29. The van der Waals surface area contributed by atoms with Gasteiger partial charge in [-0.05, 0) is 57.8 Å². The molecular weight excluding hydrogens is 416 g/mol. The number of rotatable bonds is 5. The van der Waals surface area contributed by atoms with Crippen molar-refractivity contribution in [1.29, 1.82) is 0 Å². The minimum absolute atomic E-state index is 0.0251. The quantitative estimate of drug-likeness (QED) is 0.551. The minimum Gasteiger partial charge on any atom is -0.465 e. The summed E-state index contributed by atoms with van der Waals surface area (Å²) in [5.74, 6) is -0.640. The number of carbonyl (C=O) groups is 1. The second-order valence-electron chi connectivity index (χ2n) is 3.91. The Morgan fingerprint density at radius 1 is 1.40 bits per heavy atom. The van der Waals surface area contributed by atoms with E-state index in [0.717, 1.165) is 0 Å². The molecule has 20 heavy (non-hydrogen) atoms. The van der Waals surface area contributed by atoms with E-state index in [-0.39, 0.29) is 11.5 Å².